The second-order valence-corrected chi connectivity index (χ2v) is 11.1. The highest BCUT2D eigenvalue weighted by Crippen LogP contribution is 2.40. The number of hydrogen-bond acceptors (Lipinski definition) is 2. The van der Waals surface area contributed by atoms with Gasteiger partial charge in [0.2, 0.25) is 0 Å². The van der Waals surface area contributed by atoms with Crippen LogP contribution in [0.2, 0.25) is 5.04 Å². The molecule has 0 heterocycles. The SMILES string of the molecule is CC(C)(CCC/C=C/CCO)[Si](O)(c1ccccc1)c1ccccc1. The normalized spacial score (nSPS) is 12.6. The third-order valence-electron chi connectivity index (χ3n) is 5.00. The predicted octanol–water partition coefficient (Wildman–Crippen LogP) is 3.63. The maximum absolute atomic E-state index is 12.0. The van der Waals surface area contributed by atoms with Crippen LogP contribution in [0, 0.1) is 0 Å². The van der Waals surface area contributed by atoms with Crippen LogP contribution in [0.5, 0.6) is 0 Å². The van der Waals surface area contributed by atoms with Crippen LogP contribution < -0.4 is 10.4 Å². The molecule has 0 aliphatic rings. The molecule has 0 aromatic heterocycles. The number of aliphatic hydroxyl groups excluding tert-OH is 1. The van der Waals surface area contributed by atoms with Crippen molar-refractivity contribution in [3.05, 3.63) is 72.8 Å². The number of aliphatic hydroxyl groups is 1. The van der Waals surface area contributed by atoms with E-state index in [1.807, 2.05) is 42.5 Å². The van der Waals surface area contributed by atoms with E-state index < -0.39 is 8.32 Å². The third kappa shape index (κ3) is 4.69. The number of benzene rings is 2. The summed E-state index contributed by atoms with van der Waals surface area (Å²) in [6, 6.07) is 20.4. The molecule has 2 aromatic rings. The van der Waals surface area contributed by atoms with Gasteiger partial charge in [-0.05, 0) is 41.1 Å². The van der Waals surface area contributed by atoms with Gasteiger partial charge in [0.25, 0.3) is 8.32 Å². The standard InChI is InChI=1S/C22H30O2Si/c1-22(2,18-12-4-3-5-13-19-23)25(24,20-14-8-6-9-15-20)21-16-10-7-11-17-21/h3,5-11,14-17,23-24H,4,12-13,18-19H2,1-2H3/b5-3+. The van der Waals surface area contributed by atoms with Crippen LogP contribution in [0.4, 0.5) is 0 Å². The van der Waals surface area contributed by atoms with E-state index >= 15 is 0 Å². The average molecular weight is 355 g/mol. The zero-order valence-electron chi connectivity index (χ0n) is 15.4. The molecule has 0 saturated heterocycles. The first-order valence-electron chi connectivity index (χ1n) is 9.11. The lowest BCUT2D eigenvalue weighted by Crippen LogP contribution is -2.65. The van der Waals surface area contributed by atoms with Crippen molar-refractivity contribution < 1.29 is 9.90 Å². The minimum atomic E-state index is -2.87. The molecular weight excluding hydrogens is 324 g/mol. The highest BCUT2D eigenvalue weighted by Gasteiger charge is 2.49. The van der Waals surface area contributed by atoms with E-state index in [4.69, 9.17) is 5.11 Å². The van der Waals surface area contributed by atoms with Gasteiger partial charge < -0.3 is 9.90 Å². The van der Waals surface area contributed by atoms with Crippen molar-refractivity contribution in [2.45, 2.75) is 44.6 Å². The summed E-state index contributed by atoms with van der Waals surface area (Å²) in [6.07, 6.45) is 7.86. The Morgan fingerprint density at radius 1 is 0.840 bits per heavy atom. The Balaban J connectivity index is 2.26. The molecule has 0 atom stereocenters. The van der Waals surface area contributed by atoms with E-state index in [-0.39, 0.29) is 11.6 Å². The Hall–Kier alpha value is -1.68. The lowest BCUT2D eigenvalue weighted by Gasteiger charge is -2.41. The summed E-state index contributed by atoms with van der Waals surface area (Å²) in [5.74, 6) is 0. The van der Waals surface area contributed by atoms with E-state index in [1.54, 1.807) is 0 Å². The molecule has 0 fully saturated rings. The van der Waals surface area contributed by atoms with Gasteiger partial charge >= 0.3 is 0 Å². The van der Waals surface area contributed by atoms with Crippen molar-refractivity contribution in [1.82, 2.24) is 0 Å². The summed E-state index contributed by atoms with van der Waals surface area (Å²) < 4.78 is 0. The molecule has 2 N–H and O–H groups in total. The summed E-state index contributed by atoms with van der Waals surface area (Å²) in [5, 5.41) is 10.8. The van der Waals surface area contributed by atoms with Gasteiger partial charge in [-0.3, -0.25) is 0 Å². The zero-order valence-corrected chi connectivity index (χ0v) is 16.4. The Kier molecular flexibility index (Phi) is 7.18. The van der Waals surface area contributed by atoms with Gasteiger partial charge in [-0.25, -0.2) is 0 Å². The summed E-state index contributed by atoms with van der Waals surface area (Å²) >= 11 is 0. The molecule has 0 aliphatic heterocycles. The molecule has 3 heteroatoms. The maximum Gasteiger partial charge on any atom is 0.258 e. The lowest BCUT2D eigenvalue weighted by molar-refractivity contribution is 0.302. The number of rotatable bonds is 9. The first kappa shape index (κ1) is 19.6. The fourth-order valence-corrected chi connectivity index (χ4v) is 7.24. The van der Waals surface area contributed by atoms with Crippen molar-refractivity contribution in [1.29, 1.82) is 0 Å². The Morgan fingerprint density at radius 2 is 1.32 bits per heavy atom. The minimum absolute atomic E-state index is 0.180. The average Bonchev–Trinajstić information content (AvgIpc) is 2.65. The van der Waals surface area contributed by atoms with Crippen LogP contribution in [0.3, 0.4) is 0 Å². The first-order chi connectivity index (χ1) is 12.0. The van der Waals surface area contributed by atoms with Gasteiger partial charge in [0, 0.05) is 6.61 Å². The quantitative estimate of drug-likeness (QED) is 0.410. The van der Waals surface area contributed by atoms with E-state index in [9.17, 15) is 4.80 Å². The topological polar surface area (TPSA) is 40.5 Å². The van der Waals surface area contributed by atoms with Crippen LogP contribution in [-0.2, 0) is 0 Å². The molecule has 134 valence electrons. The van der Waals surface area contributed by atoms with Gasteiger partial charge in [-0.1, -0.05) is 86.7 Å². The lowest BCUT2D eigenvalue weighted by atomic mass is 10.0. The number of allylic oxidation sites excluding steroid dienone is 1. The zero-order chi connectivity index (χ0) is 18.2. The Labute approximate surface area is 153 Å². The first-order valence-corrected chi connectivity index (χ1v) is 11.1. The van der Waals surface area contributed by atoms with E-state index in [0.717, 1.165) is 36.1 Å². The summed E-state index contributed by atoms with van der Waals surface area (Å²) in [6.45, 7) is 4.62. The minimum Gasteiger partial charge on any atom is -0.424 e. The van der Waals surface area contributed by atoms with Crippen molar-refractivity contribution in [3.8, 4) is 0 Å². The summed E-state index contributed by atoms with van der Waals surface area (Å²) in [7, 11) is -2.87. The molecule has 0 aliphatic carbocycles. The maximum atomic E-state index is 12.0. The summed E-state index contributed by atoms with van der Waals surface area (Å²) in [4.78, 5) is 12.0. The van der Waals surface area contributed by atoms with Crippen molar-refractivity contribution >= 4 is 18.7 Å². The summed E-state index contributed by atoms with van der Waals surface area (Å²) in [5.41, 5.74) is 0. The van der Waals surface area contributed by atoms with Gasteiger partial charge in [-0.15, -0.1) is 0 Å². The van der Waals surface area contributed by atoms with Crippen LogP contribution in [0.25, 0.3) is 0 Å². The molecular formula is C22H30O2Si. The van der Waals surface area contributed by atoms with Gasteiger partial charge in [0.05, 0.1) is 0 Å². The van der Waals surface area contributed by atoms with Crippen LogP contribution in [0.1, 0.15) is 39.5 Å². The number of unbranched alkanes of at least 4 members (excludes halogenated alkanes) is 1. The second-order valence-electron chi connectivity index (χ2n) is 7.20. The molecule has 0 bridgehead atoms. The van der Waals surface area contributed by atoms with Crippen molar-refractivity contribution in [2.75, 3.05) is 6.61 Å². The van der Waals surface area contributed by atoms with Crippen LogP contribution in [-0.4, -0.2) is 24.8 Å². The monoisotopic (exact) mass is 354 g/mol. The molecule has 0 radical (unpaired) electrons. The fraction of sp³-hybridized carbons (Fsp3) is 0.364. The predicted molar refractivity (Wildman–Crippen MR) is 109 cm³/mol. The highest BCUT2D eigenvalue weighted by atomic mass is 28.4. The van der Waals surface area contributed by atoms with Gasteiger partial charge in [0.1, 0.15) is 0 Å². The molecule has 0 saturated carbocycles. The molecule has 0 unspecified atom stereocenters. The molecule has 0 amide bonds. The largest absolute Gasteiger partial charge is 0.424 e. The second kappa shape index (κ2) is 9.14. The van der Waals surface area contributed by atoms with E-state index in [0.29, 0.717) is 0 Å². The highest BCUT2D eigenvalue weighted by molar-refractivity contribution is 6.98. The van der Waals surface area contributed by atoms with Gasteiger partial charge in [-0.2, -0.15) is 0 Å². The van der Waals surface area contributed by atoms with E-state index in [2.05, 4.69) is 44.2 Å². The van der Waals surface area contributed by atoms with E-state index in [1.165, 1.54) is 0 Å². The van der Waals surface area contributed by atoms with Crippen LogP contribution in [0.15, 0.2) is 72.8 Å². The molecule has 2 nitrogen and oxygen atoms in total. The molecule has 2 aromatic carbocycles. The fourth-order valence-electron chi connectivity index (χ4n) is 3.46. The smallest absolute Gasteiger partial charge is 0.258 e. The van der Waals surface area contributed by atoms with Crippen molar-refractivity contribution in [2.24, 2.45) is 0 Å². The Bertz CT molecular complexity index is 611. The Morgan fingerprint density at radius 3 is 1.80 bits per heavy atom. The number of hydrogen-bond donors (Lipinski definition) is 2. The van der Waals surface area contributed by atoms with Crippen molar-refractivity contribution in [3.63, 3.8) is 0 Å². The molecule has 0 spiro atoms. The van der Waals surface area contributed by atoms with Gasteiger partial charge in [0.15, 0.2) is 0 Å². The molecule has 2 rings (SSSR count). The van der Waals surface area contributed by atoms with Crippen LogP contribution >= 0.6 is 0 Å². The molecule has 25 heavy (non-hydrogen) atoms. The third-order valence-corrected chi connectivity index (χ3v) is 9.54.